The summed E-state index contributed by atoms with van der Waals surface area (Å²) in [6.07, 6.45) is -0.570. The monoisotopic (exact) mass is 291 g/mol. The van der Waals surface area contributed by atoms with Crippen LogP contribution in [0.1, 0.15) is 36.4 Å². The first-order chi connectivity index (χ1) is 9.56. The number of ether oxygens (including phenoxy) is 1. The van der Waals surface area contributed by atoms with Crippen LogP contribution >= 0.6 is 11.3 Å². The van der Waals surface area contributed by atoms with Gasteiger partial charge in [-0.05, 0) is 37.4 Å². The van der Waals surface area contributed by atoms with Gasteiger partial charge in [0.05, 0.1) is 19.3 Å². The number of hydrogen-bond acceptors (Lipinski definition) is 4. The van der Waals surface area contributed by atoms with E-state index >= 15 is 0 Å². The number of aliphatic hydroxyl groups is 1. The molecule has 2 atom stereocenters. The highest BCUT2D eigenvalue weighted by molar-refractivity contribution is 7.10. The Bertz CT molecular complexity index is 552. The van der Waals surface area contributed by atoms with Gasteiger partial charge in [-0.3, -0.25) is 0 Å². The summed E-state index contributed by atoms with van der Waals surface area (Å²) in [4.78, 5) is 3.48. The second-order valence-electron chi connectivity index (χ2n) is 4.87. The average Bonchev–Trinajstić information content (AvgIpc) is 2.98. The van der Waals surface area contributed by atoms with E-state index in [9.17, 15) is 5.11 Å². The molecule has 0 fully saturated rings. The lowest BCUT2D eigenvalue weighted by Crippen LogP contribution is -2.22. The van der Waals surface area contributed by atoms with Crippen LogP contribution in [0.15, 0.2) is 35.7 Å². The predicted molar refractivity (Wildman–Crippen MR) is 84.8 cm³/mol. The average molecular weight is 291 g/mol. The van der Waals surface area contributed by atoms with Crippen molar-refractivity contribution in [2.75, 3.05) is 19.1 Å². The number of aliphatic hydroxyl groups excluding tert-OH is 1. The van der Waals surface area contributed by atoms with Gasteiger partial charge in [0.2, 0.25) is 0 Å². The first-order valence-corrected chi connectivity index (χ1v) is 7.55. The largest absolute Gasteiger partial charge is 0.496 e. The Balaban J connectivity index is 2.41. The van der Waals surface area contributed by atoms with Crippen molar-refractivity contribution in [2.24, 2.45) is 0 Å². The number of benzene rings is 1. The molecule has 0 aliphatic rings. The minimum Gasteiger partial charge on any atom is -0.496 e. The zero-order chi connectivity index (χ0) is 14.7. The van der Waals surface area contributed by atoms with E-state index in [1.165, 1.54) is 4.88 Å². The molecular weight excluding hydrogens is 270 g/mol. The Labute approximate surface area is 124 Å². The topological polar surface area (TPSA) is 32.7 Å². The molecule has 1 N–H and O–H groups in total. The molecule has 1 aromatic carbocycles. The highest BCUT2D eigenvalue weighted by Crippen LogP contribution is 2.37. The maximum absolute atomic E-state index is 10.1. The summed E-state index contributed by atoms with van der Waals surface area (Å²) in [6, 6.07) is 10.3. The molecule has 0 aliphatic carbocycles. The lowest BCUT2D eigenvalue weighted by atomic mass is 10.0. The van der Waals surface area contributed by atoms with Gasteiger partial charge in [-0.15, -0.1) is 11.3 Å². The Hall–Kier alpha value is -1.52. The first kappa shape index (κ1) is 14.9. The minimum atomic E-state index is -0.570. The van der Waals surface area contributed by atoms with Crippen LogP contribution in [0.25, 0.3) is 0 Å². The third-order valence-electron chi connectivity index (χ3n) is 3.60. The Morgan fingerprint density at radius 3 is 2.50 bits per heavy atom. The molecule has 2 rings (SSSR count). The molecule has 0 bridgehead atoms. The molecule has 2 unspecified atom stereocenters. The van der Waals surface area contributed by atoms with Crippen LogP contribution in [0.2, 0.25) is 0 Å². The Morgan fingerprint density at radius 2 is 1.95 bits per heavy atom. The van der Waals surface area contributed by atoms with Gasteiger partial charge in [0, 0.05) is 23.2 Å². The van der Waals surface area contributed by atoms with Gasteiger partial charge < -0.3 is 14.7 Å². The molecule has 0 saturated heterocycles. The summed E-state index contributed by atoms with van der Waals surface area (Å²) in [6.45, 7) is 3.93. The highest BCUT2D eigenvalue weighted by Gasteiger charge is 2.20. The molecule has 2 aromatic rings. The fraction of sp³-hybridized carbons (Fsp3) is 0.375. The van der Waals surface area contributed by atoms with Crippen molar-refractivity contribution in [2.45, 2.75) is 26.0 Å². The SMILES string of the molecule is COc1cccc(N(C)C(C)c2cccs2)c1C(C)O. The third kappa shape index (κ3) is 2.81. The van der Waals surface area contributed by atoms with Gasteiger partial charge in [0.25, 0.3) is 0 Å². The number of anilines is 1. The first-order valence-electron chi connectivity index (χ1n) is 6.67. The van der Waals surface area contributed by atoms with E-state index in [0.29, 0.717) is 0 Å². The molecule has 1 heterocycles. The molecule has 20 heavy (non-hydrogen) atoms. The van der Waals surface area contributed by atoms with Crippen LogP contribution in [0, 0.1) is 0 Å². The maximum Gasteiger partial charge on any atom is 0.126 e. The van der Waals surface area contributed by atoms with Crippen LogP contribution in [-0.2, 0) is 0 Å². The van der Waals surface area contributed by atoms with Crippen LogP contribution in [-0.4, -0.2) is 19.3 Å². The summed E-state index contributed by atoms with van der Waals surface area (Å²) < 4.78 is 5.38. The second kappa shape index (κ2) is 6.29. The van der Waals surface area contributed by atoms with Gasteiger partial charge in [0.15, 0.2) is 0 Å². The lowest BCUT2D eigenvalue weighted by Gasteiger charge is -2.30. The minimum absolute atomic E-state index is 0.250. The fourth-order valence-electron chi connectivity index (χ4n) is 2.37. The molecule has 0 amide bonds. The van der Waals surface area contributed by atoms with E-state index in [-0.39, 0.29) is 6.04 Å². The van der Waals surface area contributed by atoms with E-state index < -0.39 is 6.10 Å². The third-order valence-corrected chi connectivity index (χ3v) is 4.64. The Morgan fingerprint density at radius 1 is 1.20 bits per heavy atom. The number of thiophene rings is 1. The fourth-order valence-corrected chi connectivity index (χ4v) is 3.19. The quantitative estimate of drug-likeness (QED) is 0.903. The van der Waals surface area contributed by atoms with Crippen molar-refractivity contribution in [3.63, 3.8) is 0 Å². The van der Waals surface area contributed by atoms with Crippen molar-refractivity contribution in [1.82, 2.24) is 0 Å². The van der Waals surface area contributed by atoms with Crippen molar-refractivity contribution in [1.29, 1.82) is 0 Å². The van der Waals surface area contributed by atoms with Gasteiger partial charge >= 0.3 is 0 Å². The number of hydrogen-bond donors (Lipinski definition) is 1. The van der Waals surface area contributed by atoms with E-state index in [4.69, 9.17) is 4.74 Å². The van der Waals surface area contributed by atoms with Crippen LogP contribution < -0.4 is 9.64 Å². The van der Waals surface area contributed by atoms with Gasteiger partial charge in [-0.2, -0.15) is 0 Å². The lowest BCUT2D eigenvalue weighted by molar-refractivity contribution is 0.194. The van der Waals surface area contributed by atoms with E-state index in [0.717, 1.165) is 17.0 Å². The Kier molecular flexibility index (Phi) is 4.68. The van der Waals surface area contributed by atoms with E-state index in [2.05, 4.69) is 29.3 Å². The number of methoxy groups -OCH3 is 1. The van der Waals surface area contributed by atoms with Gasteiger partial charge in [0.1, 0.15) is 5.75 Å². The number of rotatable bonds is 5. The maximum atomic E-state index is 10.1. The van der Waals surface area contributed by atoms with Crippen molar-refractivity contribution in [3.05, 3.63) is 46.2 Å². The van der Waals surface area contributed by atoms with Crippen LogP contribution in [0.4, 0.5) is 5.69 Å². The molecule has 0 saturated carbocycles. The van der Waals surface area contributed by atoms with E-state index in [1.54, 1.807) is 25.4 Å². The summed E-state index contributed by atoms with van der Waals surface area (Å²) in [5.41, 5.74) is 1.83. The molecule has 108 valence electrons. The molecule has 3 nitrogen and oxygen atoms in total. The molecule has 0 aliphatic heterocycles. The molecule has 0 radical (unpaired) electrons. The van der Waals surface area contributed by atoms with E-state index in [1.807, 2.05) is 25.2 Å². The smallest absolute Gasteiger partial charge is 0.126 e. The summed E-state index contributed by atoms with van der Waals surface area (Å²) >= 11 is 1.74. The molecule has 0 spiro atoms. The molecular formula is C16H21NO2S. The zero-order valence-electron chi connectivity index (χ0n) is 12.3. The van der Waals surface area contributed by atoms with Gasteiger partial charge in [-0.1, -0.05) is 12.1 Å². The normalized spacial score (nSPS) is 13.8. The summed E-state index contributed by atoms with van der Waals surface area (Å²) in [5.74, 6) is 0.725. The molecule has 4 heteroatoms. The summed E-state index contributed by atoms with van der Waals surface area (Å²) in [5, 5.41) is 12.2. The van der Waals surface area contributed by atoms with Crippen LogP contribution in [0.3, 0.4) is 0 Å². The number of nitrogens with zero attached hydrogens (tertiary/aromatic N) is 1. The van der Waals surface area contributed by atoms with Crippen molar-refractivity contribution >= 4 is 17.0 Å². The van der Waals surface area contributed by atoms with Crippen molar-refractivity contribution < 1.29 is 9.84 Å². The zero-order valence-corrected chi connectivity index (χ0v) is 13.1. The standard InChI is InChI=1S/C16H21NO2S/c1-11(15-9-6-10-20-15)17(3)13-7-5-8-14(19-4)16(13)12(2)18/h5-12,18H,1-4H3. The summed E-state index contributed by atoms with van der Waals surface area (Å²) in [7, 11) is 3.68. The van der Waals surface area contributed by atoms with Gasteiger partial charge in [-0.25, -0.2) is 0 Å². The highest BCUT2D eigenvalue weighted by atomic mass is 32.1. The van der Waals surface area contributed by atoms with Crippen molar-refractivity contribution in [3.8, 4) is 5.75 Å². The second-order valence-corrected chi connectivity index (χ2v) is 5.85. The molecule has 1 aromatic heterocycles. The van der Waals surface area contributed by atoms with Crippen LogP contribution in [0.5, 0.6) is 5.75 Å². The predicted octanol–water partition coefficient (Wildman–Crippen LogP) is 4.01.